The van der Waals surface area contributed by atoms with Crippen molar-refractivity contribution in [3.8, 4) is 5.75 Å². The van der Waals surface area contributed by atoms with Crippen molar-refractivity contribution in [2.24, 2.45) is 0 Å². The van der Waals surface area contributed by atoms with Gasteiger partial charge in [0.05, 0.1) is 10.0 Å². The van der Waals surface area contributed by atoms with E-state index in [1.165, 1.54) is 0 Å². The Kier molecular flexibility index (Phi) is 5.79. The Morgan fingerprint density at radius 2 is 1.65 bits per heavy atom. The maximum atomic E-state index is 12.2. The van der Waals surface area contributed by atoms with Gasteiger partial charge in [0.1, 0.15) is 5.75 Å². The number of anilines is 1. The summed E-state index contributed by atoms with van der Waals surface area (Å²) in [6, 6.07) is 8.49. The maximum Gasteiger partial charge on any atom is 0.265 e. The molecule has 0 radical (unpaired) electrons. The van der Waals surface area contributed by atoms with Gasteiger partial charge in [0.15, 0.2) is 6.10 Å². The number of carbonyl (C=O) groups excluding carboxylic acids is 1. The van der Waals surface area contributed by atoms with Crippen molar-refractivity contribution in [2.45, 2.75) is 26.9 Å². The first kappa shape index (κ1) is 17.9. The monoisotopic (exact) mass is 371 g/mol. The zero-order valence-electron chi connectivity index (χ0n) is 12.9. The summed E-state index contributed by atoms with van der Waals surface area (Å²) in [5.74, 6) is 0.315. The molecule has 23 heavy (non-hydrogen) atoms. The van der Waals surface area contributed by atoms with Crippen molar-refractivity contribution in [1.29, 1.82) is 0 Å². The van der Waals surface area contributed by atoms with E-state index in [-0.39, 0.29) is 5.91 Å². The van der Waals surface area contributed by atoms with Gasteiger partial charge in [-0.05, 0) is 62.2 Å². The number of carbonyl (C=O) groups is 1. The lowest BCUT2D eigenvalue weighted by molar-refractivity contribution is -0.122. The van der Waals surface area contributed by atoms with Crippen LogP contribution in [0.1, 0.15) is 18.1 Å². The first-order valence-electron chi connectivity index (χ1n) is 6.97. The van der Waals surface area contributed by atoms with Gasteiger partial charge in [-0.3, -0.25) is 4.79 Å². The minimum absolute atomic E-state index is 0.284. The zero-order valence-corrected chi connectivity index (χ0v) is 15.2. The highest BCUT2D eigenvalue weighted by Gasteiger charge is 2.16. The Hall–Kier alpha value is -1.42. The third kappa shape index (κ3) is 4.54. The normalized spacial score (nSPS) is 11.9. The fourth-order valence-corrected chi connectivity index (χ4v) is 2.46. The van der Waals surface area contributed by atoms with E-state index in [0.29, 0.717) is 26.5 Å². The van der Waals surface area contributed by atoms with Crippen molar-refractivity contribution < 1.29 is 9.53 Å². The molecule has 0 saturated heterocycles. The summed E-state index contributed by atoms with van der Waals surface area (Å²) < 4.78 is 5.69. The summed E-state index contributed by atoms with van der Waals surface area (Å²) >= 11 is 17.9. The lowest BCUT2D eigenvalue weighted by atomic mass is 10.1. The molecule has 0 aliphatic carbocycles. The molecular formula is C17H16Cl3NO2. The fourth-order valence-electron chi connectivity index (χ4n) is 2.05. The molecule has 1 amide bonds. The number of hydrogen-bond acceptors (Lipinski definition) is 2. The number of benzene rings is 2. The van der Waals surface area contributed by atoms with Crippen LogP contribution < -0.4 is 10.1 Å². The lowest BCUT2D eigenvalue weighted by Gasteiger charge is -2.16. The summed E-state index contributed by atoms with van der Waals surface area (Å²) in [5, 5.41) is 4.25. The summed E-state index contributed by atoms with van der Waals surface area (Å²) in [6.45, 7) is 5.46. The molecule has 0 aromatic heterocycles. The van der Waals surface area contributed by atoms with E-state index in [2.05, 4.69) is 5.32 Å². The molecule has 0 fully saturated rings. The van der Waals surface area contributed by atoms with Crippen LogP contribution in [0.4, 0.5) is 5.69 Å². The molecule has 0 spiro atoms. The molecule has 122 valence electrons. The van der Waals surface area contributed by atoms with E-state index in [9.17, 15) is 4.79 Å². The van der Waals surface area contributed by atoms with Gasteiger partial charge in [-0.25, -0.2) is 0 Å². The third-order valence-electron chi connectivity index (χ3n) is 3.28. The Morgan fingerprint density at radius 3 is 2.22 bits per heavy atom. The molecule has 0 saturated carbocycles. The molecule has 6 heteroatoms. The Bertz CT molecular complexity index is 724. The minimum Gasteiger partial charge on any atom is -0.481 e. The number of ether oxygens (including phenoxy) is 1. The minimum atomic E-state index is -0.676. The van der Waals surface area contributed by atoms with Gasteiger partial charge in [-0.2, -0.15) is 0 Å². The second kappa shape index (κ2) is 7.43. The molecule has 1 atom stereocenters. The first-order valence-corrected chi connectivity index (χ1v) is 8.10. The van der Waals surface area contributed by atoms with Crippen molar-refractivity contribution in [3.05, 3.63) is 56.5 Å². The average Bonchev–Trinajstić information content (AvgIpc) is 2.48. The smallest absolute Gasteiger partial charge is 0.265 e. The van der Waals surface area contributed by atoms with Gasteiger partial charge >= 0.3 is 0 Å². The fraction of sp³-hybridized carbons (Fsp3) is 0.235. The Morgan fingerprint density at radius 1 is 1.04 bits per heavy atom. The van der Waals surface area contributed by atoms with Crippen molar-refractivity contribution in [1.82, 2.24) is 0 Å². The van der Waals surface area contributed by atoms with Crippen molar-refractivity contribution in [2.75, 3.05) is 5.32 Å². The molecule has 0 heterocycles. The molecule has 2 aromatic rings. The standard InChI is InChI=1S/C17H16Cl3NO2/c1-9-6-13(7-10(2)16(9)20)23-11(3)17(22)21-12-4-5-14(18)15(19)8-12/h4-8,11H,1-3H3,(H,21,22). The van der Waals surface area contributed by atoms with E-state index in [1.807, 2.05) is 13.8 Å². The highest BCUT2D eigenvalue weighted by atomic mass is 35.5. The largest absolute Gasteiger partial charge is 0.481 e. The molecule has 2 aromatic carbocycles. The highest BCUT2D eigenvalue weighted by Crippen LogP contribution is 2.27. The van der Waals surface area contributed by atoms with Crippen LogP contribution in [0.25, 0.3) is 0 Å². The van der Waals surface area contributed by atoms with Crippen LogP contribution in [0.3, 0.4) is 0 Å². The van der Waals surface area contributed by atoms with Crippen LogP contribution in [-0.2, 0) is 4.79 Å². The van der Waals surface area contributed by atoms with Crippen LogP contribution in [0, 0.1) is 13.8 Å². The van der Waals surface area contributed by atoms with Gasteiger partial charge in [0, 0.05) is 10.7 Å². The average molecular weight is 373 g/mol. The molecule has 0 aliphatic rings. The summed E-state index contributed by atoms with van der Waals surface area (Å²) in [5.41, 5.74) is 2.36. The predicted molar refractivity (Wildman–Crippen MR) is 96.1 cm³/mol. The van der Waals surface area contributed by atoms with Gasteiger partial charge < -0.3 is 10.1 Å². The van der Waals surface area contributed by atoms with Crippen LogP contribution in [0.2, 0.25) is 15.1 Å². The second-order valence-corrected chi connectivity index (χ2v) is 6.44. The van der Waals surface area contributed by atoms with Gasteiger partial charge in [-0.1, -0.05) is 34.8 Å². The lowest BCUT2D eigenvalue weighted by Crippen LogP contribution is -2.30. The van der Waals surface area contributed by atoms with Crippen molar-refractivity contribution >= 4 is 46.4 Å². The second-order valence-electron chi connectivity index (χ2n) is 5.25. The summed E-state index contributed by atoms with van der Waals surface area (Å²) in [4.78, 5) is 12.2. The number of rotatable bonds is 4. The number of halogens is 3. The number of amides is 1. The van der Waals surface area contributed by atoms with E-state index >= 15 is 0 Å². The molecular weight excluding hydrogens is 357 g/mol. The first-order chi connectivity index (χ1) is 10.8. The van der Waals surface area contributed by atoms with Gasteiger partial charge in [-0.15, -0.1) is 0 Å². The van der Waals surface area contributed by atoms with E-state index in [0.717, 1.165) is 11.1 Å². The SMILES string of the molecule is Cc1cc(OC(C)C(=O)Nc2ccc(Cl)c(Cl)c2)cc(C)c1Cl. The third-order valence-corrected chi connectivity index (χ3v) is 4.61. The quantitative estimate of drug-likeness (QED) is 0.751. The van der Waals surface area contributed by atoms with Crippen molar-refractivity contribution in [3.63, 3.8) is 0 Å². The van der Waals surface area contributed by atoms with Crippen LogP contribution in [-0.4, -0.2) is 12.0 Å². The molecule has 1 N–H and O–H groups in total. The molecule has 3 nitrogen and oxygen atoms in total. The number of aryl methyl sites for hydroxylation is 2. The van der Waals surface area contributed by atoms with E-state index in [1.54, 1.807) is 37.3 Å². The van der Waals surface area contributed by atoms with Crippen LogP contribution in [0.15, 0.2) is 30.3 Å². The van der Waals surface area contributed by atoms with Crippen LogP contribution >= 0.6 is 34.8 Å². The predicted octanol–water partition coefficient (Wildman–Crippen LogP) is 5.67. The van der Waals surface area contributed by atoms with E-state index in [4.69, 9.17) is 39.5 Å². The van der Waals surface area contributed by atoms with Gasteiger partial charge in [0.25, 0.3) is 5.91 Å². The topological polar surface area (TPSA) is 38.3 Å². The number of nitrogens with one attached hydrogen (secondary N) is 1. The highest BCUT2D eigenvalue weighted by molar-refractivity contribution is 6.42. The molecule has 0 bridgehead atoms. The van der Waals surface area contributed by atoms with Gasteiger partial charge in [0.2, 0.25) is 0 Å². The zero-order chi connectivity index (χ0) is 17.1. The molecule has 0 aliphatic heterocycles. The molecule has 2 rings (SSSR count). The number of hydrogen-bond donors (Lipinski definition) is 1. The maximum absolute atomic E-state index is 12.2. The summed E-state index contributed by atoms with van der Waals surface area (Å²) in [6.07, 6.45) is -0.676. The molecule has 1 unspecified atom stereocenters. The Labute approximate surface area is 150 Å². The Balaban J connectivity index is 2.06. The van der Waals surface area contributed by atoms with E-state index < -0.39 is 6.10 Å². The summed E-state index contributed by atoms with van der Waals surface area (Å²) in [7, 11) is 0. The van der Waals surface area contributed by atoms with Crippen LogP contribution in [0.5, 0.6) is 5.75 Å².